The first-order chi connectivity index (χ1) is 9.16. The summed E-state index contributed by atoms with van der Waals surface area (Å²) < 4.78 is 0. The van der Waals surface area contributed by atoms with E-state index in [0.717, 1.165) is 25.1 Å². The molecular formula is C15H19ClN2O. The summed E-state index contributed by atoms with van der Waals surface area (Å²) in [6.07, 6.45) is 1.53. The highest BCUT2D eigenvalue weighted by atomic mass is 35.5. The quantitative estimate of drug-likeness (QED) is 0.898. The van der Waals surface area contributed by atoms with Gasteiger partial charge < -0.3 is 10.2 Å². The Hall–Kier alpha value is -1.06. The molecule has 2 saturated heterocycles. The zero-order valence-electron chi connectivity index (χ0n) is 11.1. The van der Waals surface area contributed by atoms with E-state index in [-0.39, 0.29) is 5.91 Å². The molecule has 2 heterocycles. The molecule has 3 atom stereocenters. The van der Waals surface area contributed by atoms with Crippen LogP contribution in [0, 0.1) is 5.92 Å². The minimum Gasteiger partial charge on any atom is -0.335 e. The maximum atomic E-state index is 12.6. The Balaban J connectivity index is 1.75. The molecule has 0 radical (unpaired) electrons. The van der Waals surface area contributed by atoms with Gasteiger partial charge in [0, 0.05) is 30.2 Å². The van der Waals surface area contributed by atoms with Crippen LogP contribution in [-0.4, -0.2) is 36.0 Å². The number of hydrogen-bond donors (Lipinski definition) is 1. The third kappa shape index (κ3) is 2.37. The van der Waals surface area contributed by atoms with Crippen molar-refractivity contribution in [2.75, 3.05) is 13.1 Å². The molecule has 2 aliphatic rings. The highest BCUT2D eigenvalue weighted by molar-refractivity contribution is 6.31. The topological polar surface area (TPSA) is 32.3 Å². The molecule has 102 valence electrons. The molecule has 0 spiro atoms. The fourth-order valence-electron chi connectivity index (χ4n) is 3.49. The van der Waals surface area contributed by atoms with E-state index in [1.165, 1.54) is 0 Å². The lowest BCUT2D eigenvalue weighted by Gasteiger charge is -2.28. The molecule has 1 amide bonds. The number of benzene rings is 1. The van der Waals surface area contributed by atoms with E-state index < -0.39 is 0 Å². The maximum Gasteiger partial charge on any atom is 0.227 e. The molecule has 3 rings (SSSR count). The Labute approximate surface area is 118 Å². The highest BCUT2D eigenvalue weighted by Crippen LogP contribution is 2.32. The van der Waals surface area contributed by atoms with Crippen molar-refractivity contribution in [3.8, 4) is 0 Å². The second-order valence-electron chi connectivity index (χ2n) is 5.64. The van der Waals surface area contributed by atoms with Crippen molar-refractivity contribution >= 4 is 17.5 Å². The summed E-state index contributed by atoms with van der Waals surface area (Å²) in [5.74, 6) is 0.835. The predicted octanol–water partition coefficient (Wildman–Crippen LogP) is 2.09. The SMILES string of the molecule is CC1CC2CNCC2N1C(=O)Cc1ccccc1Cl. The molecule has 3 nitrogen and oxygen atoms in total. The van der Waals surface area contributed by atoms with E-state index in [1.807, 2.05) is 24.3 Å². The van der Waals surface area contributed by atoms with Gasteiger partial charge in [-0.15, -0.1) is 0 Å². The Morgan fingerprint density at radius 3 is 3.00 bits per heavy atom. The molecule has 0 bridgehead atoms. The number of carbonyl (C=O) groups excluding carboxylic acids is 1. The Morgan fingerprint density at radius 2 is 2.21 bits per heavy atom. The number of hydrogen-bond acceptors (Lipinski definition) is 2. The molecular weight excluding hydrogens is 260 g/mol. The highest BCUT2D eigenvalue weighted by Gasteiger charge is 2.43. The fourth-order valence-corrected chi connectivity index (χ4v) is 3.69. The van der Waals surface area contributed by atoms with Crippen LogP contribution in [0.5, 0.6) is 0 Å². The monoisotopic (exact) mass is 278 g/mol. The third-order valence-corrected chi connectivity index (χ3v) is 4.74. The van der Waals surface area contributed by atoms with E-state index in [1.54, 1.807) is 0 Å². The van der Waals surface area contributed by atoms with Gasteiger partial charge in [-0.1, -0.05) is 29.8 Å². The van der Waals surface area contributed by atoms with Gasteiger partial charge in [0.1, 0.15) is 0 Å². The first kappa shape index (κ1) is 12.9. The summed E-state index contributed by atoms with van der Waals surface area (Å²) in [5, 5.41) is 4.07. The summed E-state index contributed by atoms with van der Waals surface area (Å²) in [7, 11) is 0. The van der Waals surface area contributed by atoms with Crippen molar-refractivity contribution in [1.29, 1.82) is 0 Å². The van der Waals surface area contributed by atoms with Crippen LogP contribution in [0.3, 0.4) is 0 Å². The van der Waals surface area contributed by atoms with Gasteiger partial charge in [-0.2, -0.15) is 0 Å². The van der Waals surface area contributed by atoms with Gasteiger partial charge in [0.2, 0.25) is 5.91 Å². The Morgan fingerprint density at radius 1 is 1.42 bits per heavy atom. The lowest BCUT2D eigenvalue weighted by molar-refractivity contribution is -0.133. The smallest absolute Gasteiger partial charge is 0.227 e. The number of fused-ring (bicyclic) bond motifs is 1. The summed E-state index contributed by atoms with van der Waals surface area (Å²) in [6, 6.07) is 8.34. The van der Waals surface area contributed by atoms with Crippen LogP contribution in [0.2, 0.25) is 5.02 Å². The summed E-state index contributed by atoms with van der Waals surface area (Å²) in [5.41, 5.74) is 0.927. The molecule has 0 aliphatic carbocycles. The summed E-state index contributed by atoms with van der Waals surface area (Å²) in [4.78, 5) is 14.6. The lowest BCUT2D eigenvalue weighted by atomic mass is 10.0. The maximum absolute atomic E-state index is 12.6. The number of halogens is 1. The molecule has 19 heavy (non-hydrogen) atoms. The second kappa shape index (κ2) is 5.14. The van der Waals surface area contributed by atoms with Crippen LogP contribution in [0.25, 0.3) is 0 Å². The molecule has 1 aromatic carbocycles. The average Bonchev–Trinajstić information content (AvgIpc) is 2.91. The Bertz CT molecular complexity index is 491. The summed E-state index contributed by atoms with van der Waals surface area (Å²) in [6.45, 7) is 4.14. The largest absolute Gasteiger partial charge is 0.335 e. The number of likely N-dealkylation sites (tertiary alicyclic amines) is 1. The first-order valence-corrected chi connectivity index (χ1v) is 7.30. The number of nitrogens with one attached hydrogen (secondary N) is 1. The predicted molar refractivity (Wildman–Crippen MR) is 76.2 cm³/mol. The molecule has 0 saturated carbocycles. The minimum absolute atomic E-state index is 0.205. The van der Waals surface area contributed by atoms with Gasteiger partial charge in [-0.3, -0.25) is 4.79 Å². The van der Waals surface area contributed by atoms with Gasteiger partial charge in [0.05, 0.1) is 6.42 Å². The second-order valence-corrected chi connectivity index (χ2v) is 6.05. The minimum atomic E-state index is 0.205. The molecule has 4 heteroatoms. The molecule has 1 aromatic rings. The molecule has 0 aromatic heterocycles. The van der Waals surface area contributed by atoms with Crippen molar-refractivity contribution < 1.29 is 4.79 Å². The first-order valence-electron chi connectivity index (χ1n) is 6.92. The number of amides is 1. The normalized spacial score (nSPS) is 29.6. The zero-order valence-corrected chi connectivity index (χ0v) is 11.9. The number of nitrogens with zero attached hydrogens (tertiary/aromatic N) is 1. The fraction of sp³-hybridized carbons (Fsp3) is 0.533. The zero-order chi connectivity index (χ0) is 13.4. The lowest BCUT2D eigenvalue weighted by Crippen LogP contribution is -2.43. The molecule has 2 fully saturated rings. The van der Waals surface area contributed by atoms with Gasteiger partial charge in [0.15, 0.2) is 0 Å². The third-order valence-electron chi connectivity index (χ3n) is 4.37. The van der Waals surface area contributed by atoms with Crippen LogP contribution in [0.15, 0.2) is 24.3 Å². The van der Waals surface area contributed by atoms with Crippen molar-refractivity contribution in [2.24, 2.45) is 5.92 Å². The average molecular weight is 279 g/mol. The molecule has 3 unspecified atom stereocenters. The summed E-state index contributed by atoms with van der Waals surface area (Å²) >= 11 is 6.14. The number of carbonyl (C=O) groups is 1. The standard InChI is InChI=1S/C15H19ClN2O/c1-10-6-12-8-17-9-14(12)18(10)15(19)7-11-4-2-3-5-13(11)16/h2-5,10,12,14,17H,6-9H2,1H3. The van der Waals surface area contributed by atoms with Crippen molar-refractivity contribution in [1.82, 2.24) is 10.2 Å². The van der Waals surface area contributed by atoms with E-state index in [4.69, 9.17) is 11.6 Å². The van der Waals surface area contributed by atoms with Crippen LogP contribution < -0.4 is 5.32 Å². The Kier molecular flexibility index (Phi) is 3.50. The van der Waals surface area contributed by atoms with Gasteiger partial charge in [0.25, 0.3) is 0 Å². The van der Waals surface area contributed by atoms with E-state index in [2.05, 4.69) is 17.1 Å². The van der Waals surface area contributed by atoms with E-state index >= 15 is 0 Å². The molecule has 1 N–H and O–H groups in total. The van der Waals surface area contributed by atoms with E-state index in [0.29, 0.717) is 29.4 Å². The van der Waals surface area contributed by atoms with Gasteiger partial charge in [-0.05, 0) is 30.9 Å². The van der Waals surface area contributed by atoms with E-state index in [9.17, 15) is 4.79 Å². The number of rotatable bonds is 2. The van der Waals surface area contributed by atoms with Crippen molar-refractivity contribution in [2.45, 2.75) is 31.8 Å². The van der Waals surface area contributed by atoms with Crippen molar-refractivity contribution in [3.63, 3.8) is 0 Å². The van der Waals surface area contributed by atoms with Crippen molar-refractivity contribution in [3.05, 3.63) is 34.9 Å². The van der Waals surface area contributed by atoms with Crippen LogP contribution in [-0.2, 0) is 11.2 Å². The van der Waals surface area contributed by atoms with Crippen LogP contribution in [0.4, 0.5) is 0 Å². The van der Waals surface area contributed by atoms with Crippen LogP contribution >= 0.6 is 11.6 Å². The molecule has 2 aliphatic heterocycles. The van der Waals surface area contributed by atoms with Crippen LogP contribution in [0.1, 0.15) is 18.9 Å². The van der Waals surface area contributed by atoms with Gasteiger partial charge >= 0.3 is 0 Å². The van der Waals surface area contributed by atoms with Gasteiger partial charge in [-0.25, -0.2) is 0 Å².